The van der Waals surface area contributed by atoms with Gasteiger partial charge in [0.2, 0.25) is 0 Å². The Balaban J connectivity index is 1.78. The molecule has 0 bridgehead atoms. The van der Waals surface area contributed by atoms with E-state index < -0.39 is 29.7 Å². The molecule has 174 valence electrons. The van der Waals surface area contributed by atoms with E-state index in [4.69, 9.17) is 4.74 Å². The number of rotatable bonds is 6. The zero-order valence-electron chi connectivity index (χ0n) is 18.4. The number of esters is 1. The average Bonchev–Trinajstić information content (AvgIpc) is 2.78. The molecule has 0 radical (unpaired) electrons. The Bertz CT molecular complexity index is 1100. The van der Waals surface area contributed by atoms with Gasteiger partial charge in [-0.15, -0.1) is 0 Å². The van der Waals surface area contributed by atoms with Crippen LogP contribution in [-0.2, 0) is 9.53 Å². The van der Waals surface area contributed by atoms with Crippen LogP contribution in [0.1, 0.15) is 31.9 Å². The minimum Gasteiger partial charge on any atom is -0.466 e. The first-order valence-electron chi connectivity index (χ1n) is 10.2. The Morgan fingerprint density at radius 1 is 1.12 bits per heavy atom. The highest BCUT2D eigenvalue weighted by molar-refractivity contribution is 6.00. The third-order valence-electron chi connectivity index (χ3n) is 5.13. The van der Waals surface area contributed by atoms with Crippen molar-refractivity contribution >= 4 is 29.4 Å². The third kappa shape index (κ3) is 5.28. The summed E-state index contributed by atoms with van der Waals surface area (Å²) in [5.74, 6) is -2.21. The van der Waals surface area contributed by atoms with Gasteiger partial charge in [0.25, 0.3) is 0 Å². The molecule has 4 amide bonds. The van der Waals surface area contributed by atoms with Gasteiger partial charge in [-0.05, 0) is 43.2 Å². The number of benzene rings is 2. The van der Waals surface area contributed by atoms with Gasteiger partial charge in [0.15, 0.2) is 0 Å². The summed E-state index contributed by atoms with van der Waals surface area (Å²) in [5, 5.41) is 7.66. The van der Waals surface area contributed by atoms with E-state index in [1.54, 1.807) is 31.2 Å². The van der Waals surface area contributed by atoms with Gasteiger partial charge in [-0.3, -0.25) is 4.90 Å². The first-order valence-corrected chi connectivity index (χ1v) is 10.2. The van der Waals surface area contributed by atoms with Crippen molar-refractivity contribution in [3.8, 4) is 0 Å². The number of nitrogens with one attached hydrogen (secondary N) is 3. The summed E-state index contributed by atoms with van der Waals surface area (Å²) >= 11 is 0. The molecule has 3 N–H and O–H groups in total. The number of hydrogen-bond donors (Lipinski definition) is 3. The maximum absolute atomic E-state index is 13.7. The summed E-state index contributed by atoms with van der Waals surface area (Å²) in [4.78, 5) is 38.7. The SMILES string of the molecule is CCCN1C(=O)N[C@@H](c2ccc(NC(=O)Nc3ccc(F)cc3F)cc2)C(C(=O)OC)=C1C. The minimum absolute atomic E-state index is 0.171. The maximum Gasteiger partial charge on any atom is 0.337 e. The number of amides is 4. The highest BCUT2D eigenvalue weighted by atomic mass is 19.1. The number of carbonyl (C=O) groups excluding carboxylic acids is 3. The fourth-order valence-electron chi connectivity index (χ4n) is 3.53. The zero-order chi connectivity index (χ0) is 24.1. The number of nitrogens with zero attached hydrogens (tertiary/aromatic N) is 1. The lowest BCUT2D eigenvalue weighted by atomic mass is 9.94. The molecule has 1 aliphatic rings. The second kappa shape index (κ2) is 10.1. The average molecular weight is 458 g/mol. The van der Waals surface area contributed by atoms with E-state index in [-0.39, 0.29) is 11.7 Å². The number of anilines is 2. The molecule has 1 aliphatic heterocycles. The molecule has 0 spiro atoms. The van der Waals surface area contributed by atoms with Gasteiger partial charge in [0.1, 0.15) is 11.6 Å². The smallest absolute Gasteiger partial charge is 0.337 e. The van der Waals surface area contributed by atoms with Crippen LogP contribution in [0.3, 0.4) is 0 Å². The lowest BCUT2D eigenvalue weighted by molar-refractivity contribution is -0.136. The van der Waals surface area contributed by atoms with Gasteiger partial charge in [-0.2, -0.15) is 0 Å². The summed E-state index contributed by atoms with van der Waals surface area (Å²) in [7, 11) is 1.27. The van der Waals surface area contributed by atoms with E-state index in [2.05, 4.69) is 16.0 Å². The Morgan fingerprint density at radius 2 is 1.82 bits per heavy atom. The van der Waals surface area contributed by atoms with Crippen molar-refractivity contribution in [3.63, 3.8) is 0 Å². The topological polar surface area (TPSA) is 99.8 Å². The van der Waals surface area contributed by atoms with Gasteiger partial charge < -0.3 is 20.7 Å². The number of allylic oxidation sites excluding steroid dienone is 1. The van der Waals surface area contributed by atoms with Crippen molar-refractivity contribution in [1.82, 2.24) is 10.2 Å². The van der Waals surface area contributed by atoms with Gasteiger partial charge in [-0.25, -0.2) is 23.2 Å². The number of urea groups is 2. The lowest BCUT2D eigenvalue weighted by Crippen LogP contribution is -2.48. The Morgan fingerprint density at radius 3 is 2.42 bits per heavy atom. The number of ether oxygens (including phenoxy) is 1. The van der Waals surface area contributed by atoms with E-state index in [0.717, 1.165) is 12.1 Å². The van der Waals surface area contributed by atoms with Crippen LogP contribution >= 0.6 is 0 Å². The molecule has 3 rings (SSSR count). The molecule has 0 aliphatic carbocycles. The molecule has 10 heteroatoms. The van der Waals surface area contributed by atoms with Gasteiger partial charge in [-0.1, -0.05) is 19.1 Å². The molecule has 1 atom stereocenters. The molecule has 1 heterocycles. The molecule has 0 saturated carbocycles. The highest BCUT2D eigenvalue weighted by Gasteiger charge is 2.35. The standard InChI is InChI=1S/C23H24F2N4O4/c1-4-11-29-13(2)19(21(30)33-3)20(28-23(29)32)14-5-8-16(9-6-14)26-22(31)27-18-10-7-15(24)12-17(18)25/h5-10,12,20H,4,11H2,1-3H3,(H,28,32)(H2,26,27,31)/t20-/m0/s1. The monoisotopic (exact) mass is 458 g/mol. The van der Waals surface area contributed by atoms with Crippen LogP contribution in [0.5, 0.6) is 0 Å². The molecule has 0 unspecified atom stereocenters. The third-order valence-corrected chi connectivity index (χ3v) is 5.13. The van der Waals surface area contributed by atoms with Crippen LogP contribution in [0.25, 0.3) is 0 Å². The predicted molar refractivity (Wildman–Crippen MR) is 118 cm³/mol. The molecule has 33 heavy (non-hydrogen) atoms. The van der Waals surface area contributed by atoms with Crippen molar-refractivity contribution in [2.45, 2.75) is 26.3 Å². The number of halogens is 2. The number of methoxy groups -OCH3 is 1. The normalized spacial score (nSPS) is 15.7. The second-order valence-electron chi connectivity index (χ2n) is 7.35. The molecular weight excluding hydrogens is 434 g/mol. The van der Waals surface area contributed by atoms with Crippen molar-refractivity contribution in [1.29, 1.82) is 0 Å². The fourth-order valence-corrected chi connectivity index (χ4v) is 3.53. The van der Waals surface area contributed by atoms with E-state index in [1.165, 1.54) is 12.0 Å². The van der Waals surface area contributed by atoms with Crippen molar-refractivity contribution in [2.24, 2.45) is 0 Å². The molecule has 0 saturated heterocycles. The van der Waals surface area contributed by atoms with Gasteiger partial charge in [0, 0.05) is 24.0 Å². The molecule has 2 aromatic rings. The van der Waals surface area contributed by atoms with Crippen molar-refractivity contribution in [3.05, 3.63) is 70.9 Å². The largest absolute Gasteiger partial charge is 0.466 e. The molecule has 2 aromatic carbocycles. The first-order chi connectivity index (χ1) is 15.7. The van der Waals surface area contributed by atoms with Crippen LogP contribution < -0.4 is 16.0 Å². The van der Waals surface area contributed by atoms with E-state index >= 15 is 0 Å². The minimum atomic E-state index is -0.900. The summed E-state index contributed by atoms with van der Waals surface area (Å²) in [6.07, 6.45) is 0.716. The summed E-state index contributed by atoms with van der Waals surface area (Å²) < 4.78 is 31.6. The molecule has 0 aromatic heterocycles. The maximum atomic E-state index is 13.7. The quantitative estimate of drug-likeness (QED) is 0.554. The first kappa shape index (κ1) is 23.7. The van der Waals surface area contributed by atoms with Crippen LogP contribution in [0.2, 0.25) is 0 Å². The zero-order valence-corrected chi connectivity index (χ0v) is 18.4. The molecule has 0 fully saturated rings. The molecule has 8 nitrogen and oxygen atoms in total. The van der Waals surface area contributed by atoms with E-state index in [9.17, 15) is 23.2 Å². The fraction of sp³-hybridized carbons (Fsp3) is 0.261. The summed E-state index contributed by atoms with van der Waals surface area (Å²) in [6.45, 7) is 4.08. The highest BCUT2D eigenvalue weighted by Crippen LogP contribution is 2.32. The summed E-state index contributed by atoms with van der Waals surface area (Å²) in [6, 6.07) is 7.47. The van der Waals surface area contributed by atoms with Crippen LogP contribution in [-0.4, -0.2) is 36.6 Å². The van der Waals surface area contributed by atoms with E-state index in [0.29, 0.717) is 41.6 Å². The van der Waals surface area contributed by atoms with Gasteiger partial charge in [0.05, 0.1) is 24.4 Å². The van der Waals surface area contributed by atoms with Gasteiger partial charge >= 0.3 is 18.0 Å². The Hall–Kier alpha value is -3.95. The van der Waals surface area contributed by atoms with E-state index in [1.807, 2.05) is 6.92 Å². The molecular formula is C23H24F2N4O4. The lowest BCUT2D eigenvalue weighted by Gasteiger charge is -2.35. The second-order valence-corrected chi connectivity index (χ2v) is 7.35. The predicted octanol–water partition coefficient (Wildman–Crippen LogP) is 4.53. The Labute approximate surface area is 189 Å². The van der Waals surface area contributed by atoms with Crippen molar-refractivity contribution in [2.75, 3.05) is 24.3 Å². The summed E-state index contributed by atoms with van der Waals surface area (Å²) in [5.41, 5.74) is 1.65. The Kier molecular flexibility index (Phi) is 7.27. The van der Waals surface area contributed by atoms with Crippen LogP contribution in [0, 0.1) is 11.6 Å². The number of carbonyl (C=O) groups is 3. The van der Waals surface area contributed by atoms with Crippen LogP contribution in [0.15, 0.2) is 53.7 Å². The number of hydrogen-bond acceptors (Lipinski definition) is 4. The van der Waals surface area contributed by atoms with Crippen molar-refractivity contribution < 1.29 is 27.9 Å². The van der Waals surface area contributed by atoms with Crippen LogP contribution in [0.4, 0.5) is 29.7 Å².